The van der Waals surface area contributed by atoms with Crippen LogP contribution in [0.4, 0.5) is 0 Å². The van der Waals surface area contributed by atoms with Gasteiger partial charge < -0.3 is 19.5 Å². The van der Waals surface area contributed by atoms with Gasteiger partial charge in [0.25, 0.3) is 5.91 Å². The zero-order chi connectivity index (χ0) is 24.4. The lowest BCUT2D eigenvalue weighted by Gasteiger charge is -2.30. The molecular weight excluding hydrogens is 464 g/mol. The lowest BCUT2D eigenvalue weighted by atomic mass is 10.0. The van der Waals surface area contributed by atoms with Crippen molar-refractivity contribution >= 4 is 28.7 Å². The molecule has 1 fully saturated rings. The van der Waals surface area contributed by atoms with E-state index in [1.807, 2.05) is 32.0 Å². The molecule has 0 aliphatic carbocycles. The molecular formula is C26H30N4O4S. The molecule has 2 aromatic rings. The van der Waals surface area contributed by atoms with Crippen LogP contribution >= 0.6 is 11.3 Å². The van der Waals surface area contributed by atoms with Crippen molar-refractivity contribution in [1.29, 1.82) is 0 Å². The number of carbonyl (C=O) groups is 1. The monoisotopic (exact) mass is 494 g/mol. The zero-order valence-corrected chi connectivity index (χ0v) is 20.9. The van der Waals surface area contributed by atoms with Gasteiger partial charge in [0.15, 0.2) is 5.01 Å². The summed E-state index contributed by atoms with van der Waals surface area (Å²) in [5, 5.41) is 9.82. The van der Waals surface area contributed by atoms with Crippen molar-refractivity contribution in [3.8, 4) is 17.0 Å². The molecule has 0 saturated carbocycles. The first kappa shape index (κ1) is 23.9. The van der Waals surface area contributed by atoms with Gasteiger partial charge in [-0.15, -0.1) is 11.3 Å². The second-order valence-corrected chi connectivity index (χ2v) is 10.1. The third kappa shape index (κ3) is 4.96. The molecule has 1 aromatic heterocycles. The minimum absolute atomic E-state index is 0.00416. The number of aliphatic hydroxyl groups is 1. The molecule has 184 valence electrons. The molecule has 1 aromatic carbocycles. The maximum atomic E-state index is 13.1. The summed E-state index contributed by atoms with van der Waals surface area (Å²) in [4.78, 5) is 27.4. The summed E-state index contributed by atoms with van der Waals surface area (Å²) in [5.74, 6) is 3.82. The van der Waals surface area contributed by atoms with Gasteiger partial charge in [-0.1, -0.05) is 6.07 Å². The molecule has 1 N–H and O–H groups in total. The molecule has 0 spiro atoms. The van der Waals surface area contributed by atoms with Gasteiger partial charge in [-0.25, -0.2) is 9.98 Å². The summed E-state index contributed by atoms with van der Waals surface area (Å²) in [6.07, 6.45) is 4.87. The molecule has 35 heavy (non-hydrogen) atoms. The quantitative estimate of drug-likeness (QED) is 0.665. The lowest BCUT2D eigenvalue weighted by molar-refractivity contribution is 0.0272. The van der Waals surface area contributed by atoms with Crippen LogP contribution in [0.15, 0.2) is 35.3 Å². The molecule has 1 amide bonds. The van der Waals surface area contributed by atoms with E-state index in [0.717, 1.165) is 59.3 Å². The number of hydrogen-bond acceptors (Lipinski definition) is 8. The van der Waals surface area contributed by atoms with Crippen LogP contribution in [0.5, 0.6) is 5.75 Å². The van der Waals surface area contributed by atoms with Crippen molar-refractivity contribution < 1.29 is 19.4 Å². The Morgan fingerprint density at radius 3 is 2.86 bits per heavy atom. The van der Waals surface area contributed by atoms with E-state index in [1.165, 1.54) is 11.3 Å². The molecule has 5 rings (SSSR count). The Morgan fingerprint density at radius 2 is 2.14 bits per heavy atom. The summed E-state index contributed by atoms with van der Waals surface area (Å²) < 4.78 is 11.5. The Balaban J connectivity index is 1.41. The van der Waals surface area contributed by atoms with Gasteiger partial charge in [-0.3, -0.25) is 9.69 Å². The molecule has 1 atom stereocenters. The second-order valence-electron chi connectivity index (χ2n) is 8.99. The molecule has 0 bridgehead atoms. The van der Waals surface area contributed by atoms with E-state index in [4.69, 9.17) is 14.5 Å². The topological polar surface area (TPSA) is 87.5 Å². The predicted molar refractivity (Wildman–Crippen MR) is 136 cm³/mol. The minimum atomic E-state index is -0.144. The maximum absolute atomic E-state index is 13.1. The van der Waals surface area contributed by atoms with Gasteiger partial charge in [0.1, 0.15) is 11.9 Å². The van der Waals surface area contributed by atoms with E-state index in [-0.39, 0.29) is 24.7 Å². The lowest BCUT2D eigenvalue weighted by Crippen LogP contribution is -2.42. The SMILES string of the molecule is CC(C)N(CCO)C(=O)c1nc2c(s1)CCOc1cc(C3=C=NC(N4CCOCC4)C=C3)ccc1-2. The molecule has 1 unspecified atom stereocenters. The highest BCUT2D eigenvalue weighted by atomic mass is 32.1. The molecule has 4 heterocycles. The summed E-state index contributed by atoms with van der Waals surface area (Å²) in [5.41, 5.74) is 3.59. The van der Waals surface area contributed by atoms with E-state index < -0.39 is 0 Å². The van der Waals surface area contributed by atoms with E-state index in [2.05, 4.69) is 27.9 Å². The van der Waals surface area contributed by atoms with Crippen molar-refractivity contribution in [3.05, 3.63) is 45.8 Å². The maximum Gasteiger partial charge on any atom is 0.283 e. The number of nitrogens with zero attached hydrogens (tertiary/aromatic N) is 4. The number of benzene rings is 1. The third-order valence-corrected chi connectivity index (χ3v) is 7.52. The van der Waals surface area contributed by atoms with Crippen LogP contribution in [-0.4, -0.2) is 89.9 Å². The fraction of sp³-hybridized carbons (Fsp3) is 0.462. The third-order valence-electron chi connectivity index (χ3n) is 6.41. The van der Waals surface area contributed by atoms with Crippen LogP contribution in [0.3, 0.4) is 0 Å². The first-order valence-electron chi connectivity index (χ1n) is 12.1. The molecule has 8 nitrogen and oxygen atoms in total. The summed E-state index contributed by atoms with van der Waals surface area (Å²) in [6, 6.07) is 6.03. The Morgan fingerprint density at radius 1 is 1.31 bits per heavy atom. The number of aliphatic imine (C=N–C) groups is 1. The Labute approximate surface area is 209 Å². The van der Waals surface area contributed by atoms with Gasteiger partial charge in [0.2, 0.25) is 0 Å². The molecule has 1 saturated heterocycles. The number of hydrogen-bond donors (Lipinski definition) is 1. The number of morpholine rings is 1. The van der Waals surface area contributed by atoms with Crippen LogP contribution in [0.2, 0.25) is 0 Å². The van der Waals surface area contributed by atoms with E-state index in [1.54, 1.807) is 4.90 Å². The van der Waals surface area contributed by atoms with Crippen molar-refractivity contribution in [1.82, 2.24) is 14.8 Å². The first-order chi connectivity index (χ1) is 17.0. The van der Waals surface area contributed by atoms with Gasteiger partial charge >= 0.3 is 0 Å². The number of ether oxygens (including phenoxy) is 2. The highest BCUT2D eigenvalue weighted by Crippen LogP contribution is 2.39. The van der Waals surface area contributed by atoms with E-state index in [9.17, 15) is 9.90 Å². The van der Waals surface area contributed by atoms with Gasteiger partial charge in [0, 0.05) is 48.1 Å². The minimum Gasteiger partial charge on any atom is -0.492 e. The second kappa shape index (κ2) is 10.4. The number of carbonyl (C=O) groups excluding carboxylic acids is 1. The molecule has 3 aliphatic rings. The van der Waals surface area contributed by atoms with Crippen LogP contribution in [-0.2, 0) is 11.2 Å². The van der Waals surface area contributed by atoms with Crippen molar-refractivity contribution in [2.75, 3.05) is 46.1 Å². The number of thiazole rings is 1. The average molecular weight is 495 g/mol. The Kier molecular flexibility index (Phi) is 7.13. The average Bonchev–Trinajstić information content (AvgIpc) is 3.23. The highest BCUT2D eigenvalue weighted by molar-refractivity contribution is 7.14. The van der Waals surface area contributed by atoms with Crippen molar-refractivity contribution in [2.24, 2.45) is 4.99 Å². The largest absolute Gasteiger partial charge is 0.492 e. The van der Waals surface area contributed by atoms with Crippen molar-refractivity contribution in [2.45, 2.75) is 32.5 Å². The number of allylic oxidation sites excluding steroid dienone is 2. The number of amides is 1. The number of rotatable bonds is 6. The van der Waals surface area contributed by atoms with Crippen LogP contribution < -0.4 is 4.74 Å². The Bertz CT molecular complexity index is 1190. The summed E-state index contributed by atoms with van der Waals surface area (Å²) in [6.45, 7) is 7.84. The zero-order valence-electron chi connectivity index (χ0n) is 20.1. The standard InChI is InChI=1S/C26H30N4O4S/c1-17(2)30(8-11-31)26(32)25-28-24-20-5-3-18(15-21(20)34-12-7-22(24)35-25)19-4-6-23(27-16-19)29-9-13-33-14-10-29/h3-6,15,17,23,31H,7-14H2,1-2H3. The fourth-order valence-corrected chi connectivity index (χ4v) is 5.52. The van der Waals surface area contributed by atoms with Crippen molar-refractivity contribution in [3.63, 3.8) is 0 Å². The molecule has 9 heteroatoms. The fourth-order valence-electron chi connectivity index (χ4n) is 4.51. The Hall–Kier alpha value is -2.81. The number of fused-ring (bicyclic) bond motifs is 3. The van der Waals surface area contributed by atoms with Gasteiger partial charge in [0.05, 0.1) is 32.1 Å². The summed E-state index contributed by atoms with van der Waals surface area (Å²) >= 11 is 1.42. The number of aromatic nitrogens is 1. The van der Waals surface area contributed by atoms with E-state index in [0.29, 0.717) is 24.6 Å². The summed E-state index contributed by atoms with van der Waals surface area (Å²) in [7, 11) is 0. The first-order valence-corrected chi connectivity index (χ1v) is 12.9. The normalized spacial score (nSPS) is 19.5. The van der Waals surface area contributed by atoms with Gasteiger partial charge in [-0.2, -0.15) is 0 Å². The van der Waals surface area contributed by atoms with Gasteiger partial charge in [-0.05, 0) is 49.6 Å². The van der Waals surface area contributed by atoms with E-state index >= 15 is 0 Å². The van der Waals surface area contributed by atoms with Crippen LogP contribution in [0.1, 0.15) is 34.1 Å². The number of aliphatic hydroxyl groups excluding tert-OH is 1. The predicted octanol–water partition coefficient (Wildman–Crippen LogP) is 2.87. The smallest absolute Gasteiger partial charge is 0.283 e. The molecule has 3 aliphatic heterocycles. The highest BCUT2D eigenvalue weighted by Gasteiger charge is 2.27. The van der Waals surface area contributed by atoms with Crippen LogP contribution in [0, 0.1) is 0 Å². The molecule has 0 radical (unpaired) electrons. The van der Waals surface area contributed by atoms with Crippen LogP contribution in [0.25, 0.3) is 16.8 Å².